The van der Waals surface area contributed by atoms with Crippen LogP contribution >= 0.6 is 0 Å². The quantitative estimate of drug-likeness (QED) is 0.783. The Bertz CT molecular complexity index is 481. The molecule has 3 rings (SSSR count). The molecule has 102 valence electrons. The zero-order chi connectivity index (χ0) is 13.4. The molecular formula is C15H16F2O2. The molecule has 0 amide bonds. The van der Waals surface area contributed by atoms with E-state index in [1.54, 1.807) is 0 Å². The number of hydrogen-bond donors (Lipinski definition) is 0. The third-order valence-electron chi connectivity index (χ3n) is 4.34. The lowest BCUT2D eigenvalue weighted by Crippen LogP contribution is -2.23. The van der Waals surface area contributed by atoms with Gasteiger partial charge in [0, 0.05) is 6.07 Å². The van der Waals surface area contributed by atoms with Gasteiger partial charge in [0.2, 0.25) is 0 Å². The third kappa shape index (κ3) is 2.62. The number of fused-ring (bicyclic) bond motifs is 2. The van der Waals surface area contributed by atoms with E-state index in [0.29, 0.717) is 17.4 Å². The summed E-state index contributed by atoms with van der Waals surface area (Å²) in [4.78, 5) is 12.0. The van der Waals surface area contributed by atoms with E-state index in [2.05, 4.69) is 0 Å². The minimum Gasteiger partial charge on any atom is -0.461 e. The summed E-state index contributed by atoms with van der Waals surface area (Å²) < 4.78 is 31.2. The lowest BCUT2D eigenvalue weighted by molar-refractivity contribution is -0.151. The first kappa shape index (κ1) is 12.6. The van der Waals surface area contributed by atoms with Gasteiger partial charge >= 0.3 is 5.97 Å². The SMILES string of the molecule is O=C(OCc1cc(F)cc(F)c1)C1CC2CCC1C2. The van der Waals surface area contributed by atoms with E-state index >= 15 is 0 Å². The molecule has 1 aromatic carbocycles. The average Bonchev–Trinajstić information content (AvgIpc) is 2.97. The predicted octanol–water partition coefficient (Wildman–Crippen LogP) is 3.44. The first-order valence-corrected chi connectivity index (χ1v) is 6.73. The Morgan fingerprint density at radius 3 is 2.47 bits per heavy atom. The number of rotatable bonds is 3. The molecule has 3 atom stereocenters. The summed E-state index contributed by atoms with van der Waals surface area (Å²) >= 11 is 0. The maximum Gasteiger partial charge on any atom is 0.309 e. The molecule has 0 saturated heterocycles. The fourth-order valence-electron chi connectivity index (χ4n) is 3.49. The number of halogens is 2. The van der Waals surface area contributed by atoms with Crippen molar-refractivity contribution in [2.45, 2.75) is 32.3 Å². The van der Waals surface area contributed by atoms with E-state index in [1.165, 1.54) is 18.6 Å². The highest BCUT2D eigenvalue weighted by Crippen LogP contribution is 2.48. The summed E-state index contributed by atoms with van der Waals surface area (Å²) in [6.45, 7) is -0.0542. The van der Waals surface area contributed by atoms with E-state index in [0.717, 1.165) is 25.3 Å². The van der Waals surface area contributed by atoms with Crippen LogP contribution < -0.4 is 0 Å². The molecule has 2 bridgehead atoms. The summed E-state index contributed by atoms with van der Waals surface area (Å²) in [6.07, 6.45) is 4.39. The zero-order valence-electron chi connectivity index (χ0n) is 10.6. The molecule has 2 fully saturated rings. The van der Waals surface area contributed by atoms with Gasteiger partial charge in [0.1, 0.15) is 18.2 Å². The molecular weight excluding hydrogens is 250 g/mol. The van der Waals surface area contributed by atoms with Gasteiger partial charge in [-0.3, -0.25) is 4.79 Å². The maximum atomic E-state index is 13.0. The predicted molar refractivity (Wildman–Crippen MR) is 65.1 cm³/mol. The molecule has 0 spiro atoms. The lowest BCUT2D eigenvalue weighted by Gasteiger charge is -2.19. The highest BCUT2D eigenvalue weighted by atomic mass is 19.1. The monoisotopic (exact) mass is 266 g/mol. The van der Waals surface area contributed by atoms with Crippen molar-refractivity contribution in [1.82, 2.24) is 0 Å². The largest absolute Gasteiger partial charge is 0.461 e. The number of ether oxygens (including phenoxy) is 1. The molecule has 0 radical (unpaired) electrons. The second-order valence-corrected chi connectivity index (χ2v) is 5.67. The van der Waals surface area contributed by atoms with Crippen molar-refractivity contribution in [3.8, 4) is 0 Å². The van der Waals surface area contributed by atoms with Crippen LogP contribution in [0.2, 0.25) is 0 Å². The molecule has 0 aliphatic heterocycles. The molecule has 19 heavy (non-hydrogen) atoms. The molecule has 0 heterocycles. The van der Waals surface area contributed by atoms with Crippen molar-refractivity contribution in [3.63, 3.8) is 0 Å². The Balaban J connectivity index is 1.58. The van der Waals surface area contributed by atoms with Gasteiger partial charge in [-0.1, -0.05) is 6.42 Å². The lowest BCUT2D eigenvalue weighted by atomic mass is 9.89. The van der Waals surface area contributed by atoms with Crippen LogP contribution in [0.3, 0.4) is 0 Å². The van der Waals surface area contributed by atoms with E-state index in [1.807, 2.05) is 0 Å². The van der Waals surface area contributed by atoms with E-state index in [4.69, 9.17) is 4.74 Å². The highest BCUT2D eigenvalue weighted by Gasteiger charge is 2.43. The van der Waals surface area contributed by atoms with Gasteiger partial charge < -0.3 is 4.74 Å². The van der Waals surface area contributed by atoms with Crippen molar-refractivity contribution >= 4 is 5.97 Å². The summed E-state index contributed by atoms with van der Waals surface area (Å²) in [5.74, 6) is -0.373. The summed E-state index contributed by atoms with van der Waals surface area (Å²) in [6, 6.07) is 3.19. The third-order valence-corrected chi connectivity index (χ3v) is 4.34. The van der Waals surface area contributed by atoms with Gasteiger partial charge in [-0.05, 0) is 48.8 Å². The van der Waals surface area contributed by atoms with Crippen LogP contribution in [0.1, 0.15) is 31.2 Å². The van der Waals surface area contributed by atoms with E-state index in [-0.39, 0.29) is 18.5 Å². The fourth-order valence-corrected chi connectivity index (χ4v) is 3.49. The first-order valence-electron chi connectivity index (χ1n) is 6.73. The Kier molecular flexibility index (Phi) is 3.25. The molecule has 2 aliphatic carbocycles. The molecule has 1 aromatic rings. The standard InChI is InChI=1S/C15H16F2O2/c16-12-4-10(5-13(17)7-12)8-19-15(18)14-6-9-1-2-11(14)3-9/h4-5,7,9,11,14H,1-3,6,8H2. The molecule has 2 aliphatic rings. The molecule has 4 heteroatoms. The average molecular weight is 266 g/mol. The maximum absolute atomic E-state index is 13.0. The molecule has 0 aromatic heterocycles. The second kappa shape index (κ2) is 4.91. The first-order chi connectivity index (χ1) is 9.11. The van der Waals surface area contributed by atoms with Crippen LogP contribution in [-0.4, -0.2) is 5.97 Å². The normalized spacial score (nSPS) is 28.6. The Morgan fingerprint density at radius 1 is 1.16 bits per heavy atom. The van der Waals surface area contributed by atoms with Gasteiger partial charge in [-0.15, -0.1) is 0 Å². The second-order valence-electron chi connectivity index (χ2n) is 5.67. The Hall–Kier alpha value is -1.45. The fraction of sp³-hybridized carbons (Fsp3) is 0.533. The minimum absolute atomic E-state index is 0.00263. The Morgan fingerprint density at radius 2 is 1.89 bits per heavy atom. The van der Waals surface area contributed by atoms with Crippen molar-refractivity contribution in [2.24, 2.45) is 17.8 Å². The van der Waals surface area contributed by atoms with Crippen molar-refractivity contribution in [1.29, 1.82) is 0 Å². The van der Waals surface area contributed by atoms with Crippen LogP contribution in [0.15, 0.2) is 18.2 Å². The zero-order valence-corrected chi connectivity index (χ0v) is 10.6. The van der Waals surface area contributed by atoms with Crippen LogP contribution in [0.5, 0.6) is 0 Å². The van der Waals surface area contributed by atoms with Gasteiger partial charge in [-0.25, -0.2) is 8.78 Å². The van der Waals surface area contributed by atoms with Crippen molar-refractivity contribution in [2.75, 3.05) is 0 Å². The summed E-state index contributed by atoms with van der Waals surface area (Å²) in [7, 11) is 0. The van der Waals surface area contributed by atoms with Crippen LogP contribution in [-0.2, 0) is 16.1 Å². The molecule has 2 nitrogen and oxygen atoms in total. The topological polar surface area (TPSA) is 26.3 Å². The molecule has 0 N–H and O–H groups in total. The number of carbonyl (C=O) groups is 1. The molecule has 3 unspecified atom stereocenters. The van der Waals surface area contributed by atoms with Gasteiger partial charge in [-0.2, -0.15) is 0 Å². The van der Waals surface area contributed by atoms with Crippen molar-refractivity contribution < 1.29 is 18.3 Å². The van der Waals surface area contributed by atoms with Crippen molar-refractivity contribution in [3.05, 3.63) is 35.4 Å². The number of hydrogen-bond acceptors (Lipinski definition) is 2. The number of esters is 1. The van der Waals surface area contributed by atoms with Crippen LogP contribution in [0.4, 0.5) is 8.78 Å². The van der Waals surface area contributed by atoms with Gasteiger partial charge in [0.25, 0.3) is 0 Å². The highest BCUT2D eigenvalue weighted by molar-refractivity contribution is 5.73. The molecule has 2 saturated carbocycles. The minimum atomic E-state index is -0.647. The number of carbonyl (C=O) groups excluding carboxylic acids is 1. The van der Waals surface area contributed by atoms with E-state index in [9.17, 15) is 13.6 Å². The van der Waals surface area contributed by atoms with Gasteiger partial charge in [0.05, 0.1) is 5.92 Å². The Labute approximate surface area is 110 Å². The number of benzene rings is 1. The summed E-state index contributed by atoms with van der Waals surface area (Å²) in [5.41, 5.74) is 0.356. The van der Waals surface area contributed by atoms with Gasteiger partial charge in [0.15, 0.2) is 0 Å². The summed E-state index contributed by atoms with van der Waals surface area (Å²) in [5, 5.41) is 0. The van der Waals surface area contributed by atoms with Crippen LogP contribution in [0.25, 0.3) is 0 Å². The van der Waals surface area contributed by atoms with Crippen LogP contribution in [0, 0.1) is 29.4 Å². The smallest absolute Gasteiger partial charge is 0.309 e. The van der Waals surface area contributed by atoms with E-state index < -0.39 is 11.6 Å².